The highest BCUT2D eigenvalue weighted by molar-refractivity contribution is 7.86. The summed E-state index contributed by atoms with van der Waals surface area (Å²) in [5.74, 6) is -0.309. The summed E-state index contributed by atoms with van der Waals surface area (Å²) in [6.45, 7) is 2.08. The lowest BCUT2D eigenvalue weighted by Crippen LogP contribution is -1.97. The van der Waals surface area contributed by atoms with E-state index in [1.807, 2.05) is 0 Å². The molecule has 0 atom stereocenters. The van der Waals surface area contributed by atoms with Crippen molar-refractivity contribution >= 4 is 10.2 Å². The second-order valence-corrected chi connectivity index (χ2v) is 4.14. The van der Waals surface area contributed by atoms with Gasteiger partial charge in [0.05, 0.1) is 5.75 Å². The molecule has 4 heteroatoms. The summed E-state index contributed by atoms with van der Waals surface area (Å²) in [6.07, 6.45) is 4.50. The molecule has 0 saturated carbocycles. The maximum absolute atomic E-state index is 11.9. The van der Waals surface area contributed by atoms with Gasteiger partial charge >= 0.3 is 10.2 Å². The van der Waals surface area contributed by atoms with Crippen LogP contribution in [0.15, 0.2) is 0 Å². The van der Waals surface area contributed by atoms with E-state index in [-0.39, 0.29) is 5.75 Å². The summed E-state index contributed by atoms with van der Waals surface area (Å²) >= 11 is 0. The van der Waals surface area contributed by atoms with E-state index in [2.05, 4.69) is 6.92 Å². The molecule has 0 aromatic rings. The first-order valence-electron chi connectivity index (χ1n) is 3.98. The normalized spacial score (nSPS) is 11.8. The highest BCUT2D eigenvalue weighted by Gasteiger charge is 2.04. The Balaban J connectivity index is 3.16. The summed E-state index contributed by atoms with van der Waals surface area (Å²) < 4.78 is 31.9. The maximum Gasteiger partial charge on any atom is 0.302 e. The summed E-state index contributed by atoms with van der Waals surface area (Å²) in [7, 11) is -4.21. The molecule has 0 saturated heterocycles. The molecule has 2 nitrogen and oxygen atoms in total. The number of halogens is 1. The van der Waals surface area contributed by atoms with Gasteiger partial charge in [-0.3, -0.25) is 0 Å². The minimum atomic E-state index is -4.21. The van der Waals surface area contributed by atoms with Gasteiger partial charge in [0.1, 0.15) is 0 Å². The zero-order valence-corrected chi connectivity index (χ0v) is 7.66. The molecule has 0 aliphatic carbocycles. The van der Waals surface area contributed by atoms with E-state index < -0.39 is 10.2 Å². The molecule has 0 rings (SSSR count). The molecule has 0 spiro atoms. The summed E-state index contributed by atoms with van der Waals surface area (Å²) in [6, 6.07) is 0. The van der Waals surface area contributed by atoms with E-state index in [1.165, 1.54) is 0 Å². The van der Waals surface area contributed by atoms with E-state index in [9.17, 15) is 12.3 Å². The van der Waals surface area contributed by atoms with Gasteiger partial charge in [0.15, 0.2) is 0 Å². The van der Waals surface area contributed by atoms with Gasteiger partial charge in [-0.15, -0.1) is 3.89 Å². The van der Waals surface area contributed by atoms with Gasteiger partial charge in [-0.1, -0.05) is 32.6 Å². The predicted molar refractivity (Wildman–Crippen MR) is 43.7 cm³/mol. The lowest BCUT2D eigenvalue weighted by atomic mass is 10.2. The van der Waals surface area contributed by atoms with Crippen LogP contribution in [0.5, 0.6) is 0 Å². The van der Waals surface area contributed by atoms with Crippen LogP contribution in [-0.4, -0.2) is 14.2 Å². The molecule has 68 valence electrons. The molecule has 0 radical (unpaired) electrons. The number of hydrogen-bond donors (Lipinski definition) is 0. The second-order valence-electron chi connectivity index (χ2n) is 2.66. The average Bonchev–Trinajstić information content (AvgIpc) is 1.85. The Kier molecular flexibility index (Phi) is 5.46. The fraction of sp³-hybridized carbons (Fsp3) is 1.00. The first kappa shape index (κ1) is 10.9. The highest BCUT2D eigenvalue weighted by atomic mass is 32.3. The standard InChI is InChI=1S/C7H15FO2S/c1-2-3-4-5-6-7-11(8,9)10/h2-7H2,1H3. The van der Waals surface area contributed by atoms with Crippen LogP contribution >= 0.6 is 0 Å². The highest BCUT2D eigenvalue weighted by Crippen LogP contribution is 2.04. The van der Waals surface area contributed by atoms with Crippen molar-refractivity contribution in [3.63, 3.8) is 0 Å². The van der Waals surface area contributed by atoms with Crippen LogP contribution in [0.1, 0.15) is 39.0 Å². The third-order valence-electron chi connectivity index (χ3n) is 1.49. The largest absolute Gasteiger partial charge is 0.302 e. The minimum Gasteiger partial charge on any atom is -0.195 e. The van der Waals surface area contributed by atoms with E-state index in [4.69, 9.17) is 0 Å². The lowest BCUT2D eigenvalue weighted by molar-refractivity contribution is 0.545. The van der Waals surface area contributed by atoms with Gasteiger partial charge in [-0.25, -0.2) is 0 Å². The molecule has 0 amide bonds. The molecular weight excluding hydrogens is 167 g/mol. The molecule has 0 aromatic heterocycles. The van der Waals surface area contributed by atoms with Crippen LogP contribution in [0.25, 0.3) is 0 Å². The molecule has 0 fully saturated rings. The number of rotatable bonds is 6. The molecule has 0 bridgehead atoms. The zero-order chi connectivity index (χ0) is 8.74. The molecule has 0 aliphatic rings. The van der Waals surface area contributed by atoms with Gasteiger partial charge in [-0.05, 0) is 6.42 Å². The van der Waals surface area contributed by atoms with E-state index in [0.717, 1.165) is 25.7 Å². The Hall–Kier alpha value is -0.120. The van der Waals surface area contributed by atoms with E-state index in [1.54, 1.807) is 0 Å². The third kappa shape index (κ3) is 9.88. The van der Waals surface area contributed by atoms with Crippen molar-refractivity contribution in [3.8, 4) is 0 Å². The van der Waals surface area contributed by atoms with Crippen molar-refractivity contribution in [2.24, 2.45) is 0 Å². The summed E-state index contributed by atoms with van der Waals surface area (Å²) in [4.78, 5) is 0. The monoisotopic (exact) mass is 182 g/mol. The number of unbranched alkanes of at least 4 members (excludes halogenated alkanes) is 4. The van der Waals surface area contributed by atoms with Crippen molar-refractivity contribution in [2.75, 3.05) is 5.75 Å². The molecule has 0 aromatic carbocycles. The van der Waals surface area contributed by atoms with E-state index >= 15 is 0 Å². The van der Waals surface area contributed by atoms with Crippen LogP contribution in [0.3, 0.4) is 0 Å². The molecular formula is C7H15FO2S. The van der Waals surface area contributed by atoms with Gasteiger partial charge in [0.2, 0.25) is 0 Å². The first-order valence-corrected chi connectivity index (χ1v) is 5.54. The molecule has 0 unspecified atom stereocenters. The van der Waals surface area contributed by atoms with Crippen LogP contribution < -0.4 is 0 Å². The zero-order valence-electron chi connectivity index (χ0n) is 6.85. The Morgan fingerprint density at radius 2 is 1.64 bits per heavy atom. The second kappa shape index (κ2) is 5.52. The SMILES string of the molecule is CCCCCCCS(=O)(=O)F. The fourth-order valence-electron chi connectivity index (χ4n) is 0.878. The maximum atomic E-state index is 11.9. The minimum absolute atomic E-state index is 0.309. The van der Waals surface area contributed by atoms with Gasteiger partial charge in [0.25, 0.3) is 0 Å². The Morgan fingerprint density at radius 3 is 2.09 bits per heavy atom. The van der Waals surface area contributed by atoms with E-state index in [0.29, 0.717) is 6.42 Å². The van der Waals surface area contributed by atoms with Crippen LogP contribution in [0, 0.1) is 0 Å². The Labute approximate surface area is 68.0 Å². The van der Waals surface area contributed by atoms with Crippen LogP contribution in [0.4, 0.5) is 3.89 Å². The predicted octanol–water partition coefficient (Wildman–Crippen LogP) is 2.26. The van der Waals surface area contributed by atoms with Crippen LogP contribution in [0.2, 0.25) is 0 Å². The smallest absolute Gasteiger partial charge is 0.195 e. The average molecular weight is 182 g/mol. The van der Waals surface area contributed by atoms with Crippen LogP contribution in [-0.2, 0) is 10.2 Å². The van der Waals surface area contributed by atoms with Crippen molar-refractivity contribution in [2.45, 2.75) is 39.0 Å². The number of hydrogen-bond acceptors (Lipinski definition) is 2. The Bertz CT molecular complexity index is 175. The Morgan fingerprint density at radius 1 is 1.09 bits per heavy atom. The van der Waals surface area contributed by atoms with Crippen molar-refractivity contribution in [1.82, 2.24) is 0 Å². The van der Waals surface area contributed by atoms with Gasteiger partial charge in [-0.2, -0.15) is 8.42 Å². The summed E-state index contributed by atoms with van der Waals surface area (Å²) in [5, 5.41) is 0. The fourth-order valence-corrected chi connectivity index (χ4v) is 1.43. The summed E-state index contributed by atoms with van der Waals surface area (Å²) in [5.41, 5.74) is 0. The molecule has 0 aliphatic heterocycles. The topological polar surface area (TPSA) is 34.1 Å². The molecule has 0 N–H and O–H groups in total. The van der Waals surface area contributed by atoms with Gasteiger partial charge < -0.3 is 0 Å². The van der Waals surface area contributed by atoms with Crippen molar-refractivity contribution < 1.29 is 12.3 Å². The quantitative estimate of drug-likeness (QED) is 0.466. The van der Waals surface area contributed by atoms with Crippen molar-refractivity contribution in [1.29, 1.82) is 0 Å². The molecule has 11 heavy (non-hydrogen) atoms. The van der Waals surface area contributed by atoms with Crippen molar-refractivity contribution in [3.05, 3.63) is 0 Å². The molecule has 0 heterocycles. The third-order valence-corrected chi connectivity index (χ3v) is 2.27. The lowest BCUT2D eigenvalue weighted by Gasteiger charge is -1.95. The first-order chi connectivity index (χ1) is 5.06. The van der Waals surface area contributed by atoms with Gasteiger partial charge in [0, 0.05) is 0 Å².